The lowest BCUT2D eigenvalue weighted by molar-refractivity contribution is -0.125. The molecule has 2 fully saturated rings. The molecule has 1 saturated heterocycles. The molecule has 0 radical (unpaired) electrons. The van der Waals surface area contributed by atoms with Gasteiger partial charge in [-0.05, 0) is 44.6 Å². The number of carbonyl (C=O) groups is 1. The molecule has 0 bridgehead atoms. The van der Waals surface area contributed by atoms with Crippen molar-refractivity contribution in [1.29, 1.82) is 0 Å². The number of aryl methyl sites for hydroxylation is 1. The molecule has 1 aliphatic heterocycles. The molecular weight excluding hydrogens is 340 g/mol. The summed E-state index contributed by atoms with van der Waals surface area (Å²) in [4.78, 5) is 31.9. The number of piperidine rings is 1. The fourth-order valence-electron chi connectivity index (χ4n) is 4.05. The predicted molar refractivity (Wildman–Crippen MR) is 105 cm³/mol. The van der Waals surface area contributed by atoms with E-state index >= 15 is 0 Å². The van der Waals surface area contributed by atoms with Crippen molar-refractivity contribution in [2.45, 2.75) is 32.6 Å². The van der Waals surface area contributed by atoms with Gasteiger partial charge in [0.1, 0.15) is 17.3 Å². The lowest BCUT2D eigenvalue weighted by Gasteiger charge is -2.33. The molecule has 1 aliphatic carbocycles. The van der Waals surface area contributed by atoms with Crippen LogP contribution < -0.4 is 10.2 Å². The summed E-state index contributed by atoms with van der Waals surface area (Å²) >= 11 is 0. The first-order valence-electron chi connectivity index (χ1n) is 9.82. The summed E-state index contributed by atoms with van der Waals surface area (Å²) in [5.74, 6) is 2.57. The van der Waals surface area contributed by atoms with Gasteiger partial charge in [0.15, 0.2) is 0 Å². The van der Waals surface area contributed by atoms with Gasteiger partial charge in [-0.2, -0.15) is 0 Å². The summed E-state index contributed by atoms with van der Waals surface area (Å²) in [5.41, 5.74) is 1.69. The van der Waals surface area contributed by atoms with E-state index in [1.165, 1.54) is 12.8 Å². The Morgan fingerprint density at radius 3 is 3.07 bits per heavy atom. The van der Waals surface area contributed by atoms with Crippen LogP contribution in [0.25, 0.3) is 21.9 Å². The molecule has 2 N–H and O–H groups in total. The molecule has 0 aromatic carbocycles. The number of rotatable bonds is 4. The van der Waals surface area contributed by atoms with Crippen LogP contribution in [-0.4, -0.2) is 45.5 Å². The molecule has 3 aromatic rings. The number of nitrogens with zero attached hydrogens (tertiary/aromatic N) is 4. The molecular formula is C20H24N6O. The van der Waals surface area contributed by atoms with Crippen LogP contribution in [0.2, 0.25) is 0 Å². The second kappa shape index (κ2) is 6.48. The molecule has 1 unspecified atom stereocenters. The zero-order chi connectivity index (χ0) is 18.4. The minimum atomic E-state index is 0.0198. The van der Waals surface area contributed by atoms with Crippen molar-refractivity contribution in [2.24, 2.45) is 11.8 Å². The fourth-order valence-corrected chi connectivity index (χ4v) is 4.05. The van der Waals surface area contributed by atoms with Crippen molar-refractivity contribution in [3.8, 4) is 0 Å². The minimum Gasteiger partial charge on any atom is -0.356 e. The van der Waals surface area contributed by atoms with Gasteiger partial charge in [0, 0.05) is 31.2 Å². The minimum absolute atomic E-state index is 0.0198. The molecule has 5 rings (SSSR count). The van der Waals surface area contributed by atoms with E-state index in [4.69, 9.17) is 4.98 Å². The predicted octanol–water partition coefficient (Wildman–Crippen LogP) is 2.56. The largest absolute Gasteiger partial charge is 0.356 e. The lowest BCUT2D eigenvalue weighted by Crippen LogP contribution is -2.44. The number of fused-ring (bicyclic) bond motifs is 3. The number of aromatic amines is 1. The number of aromatic nitrogens is 4. The van der Waals surface area contributed by atoms with E-state index in [1.54, 1.807) is 6.20 Å². The second-order valence-corrected chi connectivity index (χ2v) is 7.83. The first-order valence-corrected chi connectivity index (χ1v) is 9.82. The molecule has 4 heterocycles. The Morgan fingerprint density at radius 1 is 1.33 bits per heavy atom. The van der Waals surface area contributed by atoms with Crippen LogP contribution >= 0.6 is 0 Å². The maximum absolute atomic E-state index is 12.6. The monoisotopic (exact) mass is 364 g/mol. The summed E-state index contributed by atoms with van der Waals surface area (Å²) in [6.07, 6.45) is 8.14. The molecule has 7 heteroatoms. The standard InChI is InChI=1S/C20H24N6O/c1-12-24-16-10-22-18-15(6-7-21-18)17(16)19(25-12)26-8-2-3-14(11-26)20(27)23-9-13-4-5-13/h6-7,10,13-14H,2-5,8-9,11H2,1H3,(H,21,22)(H,23,27). The van der Waals surface area contributed by atoms with E-state index in [2.05, 4.69) is 25.2 Å². The Kier molecular flexibility index (Phi) is 3.95. The third kappa shape index (κ3) is 3.11. The summed E-state index contributed by atoms with van der Waals surface area (Å²) < 4.78 is 0. The van der Waals surface area contributed by atoms with Gasteiger partial charge in [-0.1, -0.05) is 0 Å². The van der Waals surface area contributed by atoms with Gasteiger partial charge in [-0.15, -0.1) is 0 Å². The zero-order valence-electron chi connectivity index (χ0n) is 15.5. The molecule has 1 amide bonds. The van der Waals surface area contributed by atoms with Gasteiger partial charge in [0.05, 0.1) is 23.0 Å². The highest BCUT2D eigenvalue weighted by Crippen LogP contribution is 2.33. The number of hydrogen-bond donors (Lipinski definition) is 2. The highest BCUT2D eigenvalue weighted by atomic mass is 16.1. The summed E-state index contributed by atoms with van der Waals surface area (Å²) in [5, 5.41) is 5.20. The van der Waals surface area contributed by atoms with Crippen molar-refractivity contribution < 1.29 is 4.79 Å². The van der Waals surface area contributed by atoms with Crippen LogP contribution in [0, 0.1) is 18.8 Å². The van der Waals surface area contributed by atoms with Crippen molar-refractivity contribution in [1.82, 2.24) is 25.3 Å². The number of hydrogen-bond acceptors (Lipinski definition) is 5. The Balaban J connectivity index is 1.48. The van der Waals surface area contributed by atoms with E-state index in [0.29, 0.717) is 12.5 Å². The van der Waals surface area contributed by atoms with E-state index in [-0.39, 0.29) is 11.8 Å². The molecule has 2 aliphatic rings. The van der Waals surface area contributed by atoms with Crippen LogP contribution in [-0.2, 0) is 4.79 Å². The quantitative estimate of drug-likeness (QED) is 0.743. The van der Waals surface area contributed by atoms with Gasteiger partial charge >= 0.3 is 0 Å². The van der Waals surface area contributed by atoms with Gasteiger partial charge in [0.25, 0.3) is 0 Å². The van der Waals surface area contributed by atoms with Crippen LogP contribution in [0.4, 0.5) is 5.82 Å². The average molecular weight is 364 g/mol. The number of anilines is 1. The Labute approximate surface area is 157 Å². The summed E-state index contributed by atoms with van der Waals surface area (Å²) in [6.45, 7) is 4.36. The van der Waals surface area contributed by atoms with Crippen molar-refractivity contribution in [2.75, 3.05) is 24.5 Å². The first-order chi connectivity index (χ1) is 13.2. The SMILES string of the molecule is Cc1nc(N2CCCC(C(=O)NCC3CC3)C2)c2c(cnc3[nH]ccc32)n1. The van der Waals surface area contributed by atoms with Crippen LogP contribution in [0.3, 0.4) is 0 Å². The molecule has 140 valence electrons. The molecule has 7 nitrogen and oxygen atoms in total. The highest BCUT2D eigenvalue weighted by Gasteiger charge is 2.29. The average Bonchev–Trinajstić information content (AvgIpc) is 3.39. The fraction of sp³-hybridized carbons (Fsp3) is 0.500. The van der Waals surface area contributed by atoms with Crippen molar-refractivity contribution in [3.63, 3.8) is 0 Å². The van der Waals surface area contributed by atoms with Crippen molar-refractivity contribution >= 4 is 33.7 Å². The van der Waals surface area contributed by atoms with E-state index in [0.717, 1.165) is 59.5 Å². The maximum Gasteiger partial charge on any atom is 0.224 e. The van der Waals surface area contributed by atoms with Gasteiger partial charge in [-0.3, -0.25) is 4.79 Å². The summed E-state index contributed by atoms with van der Waals surface area (Å²) in [6, 6.07) is 2.02. The highest BCUT2D eigenvalue weighted by molar-refractivity contribution is 6.09. The second-order valence-electron chi connectivity index (χ2n) is 7.83. The molecule has 3 aromatic heterocycles. The topological polar surface area (TPSA) is 86.8 Å². The van der Waals surface area contributed by atoms with Crippen LogP contribution in [0.1, 0.15) is 31.5 Å². The Morgan fingerprint density at radius 2 is 2.22 bits per heavy atom. The third-order valence-electron chi connectivity index (χ3n) is 5.69. The molecule has 0 spiro atoms. The number of amides is 1. The molecule has 1 saturated carbocycles. The molecule has 1 atom stereocenters. The number of nitrogens with one attached hydrogen (secondary N) is 2. The first kappa shape index (κ1) is 16.5. The number of carbonyl (C=O) groups excluding carboxylic acids is 1. The zero-order valence-corrected chi connectivity index (χ0v) is 15.5. The smallest absolute Gasteiger partial charge is 0.224 e. The summed E-state index contributed by atoms with van der Waals surface area (Å²) in [7, 11) is 0. The normalized spacial score (nSPS) is 20.3. The van der Waals surface area contributed by atoms with Gasteiger partial charge in [0.2, 0.25) is 5.91 Å². The van der Waals surface area contributed by atoms with Crippen LogP contribution in [0.15, 0.2) is 18.5 Å². The van der Waals surface area contributed by atoms with Crippen molar-refractivity contribution in [3.05, 3.63) is 24.3 Å². The third-order valence-corrected chi connectivity index (χ3v) is 5.69. The van der Waals surface area contributed by atoms with Gasteiger partial charge < -0.3 is 15.2 Å². The van der Waals surface area contributed by atoms with E-state index in [1.807, 2.05) is 19.2 Å². The maximum atomic E-state index is 12.6. The van der Waals surface area contributed by atoms with Crippen LogP contribution in [0.5, 0.6) is 0 Å². The number of H-pyrrole nitrogens is 1. The van der Waals surface area contributed by atoms with E-state index in [9.17, 15) is 4.79 Å². The Hall–Kier alpha value is -2.70. The molecule has 27 heavy (non-hydrogen) atoms. The van der Waals surface area contributed by atoms with Gasteiger partial charge in [-0.25, -0.2) is 15.0 Å². The lowest BCUT2D eigenvalue weighted by atomic mass is 9.96. The Bertz CT molecular complexity index is 1010. The number of pyridine rings is 1. The van der Waals surface area contributed by atoms with E-state index < -0.39 is 0 Å².